The maximum Gasteiger partial charge on any atom is 0.275 e. The standard InChI is InChI=1S/C12H12N2O3S2/c13-8-9-3-5-10(6-4-9)19(16,17)14-12(15)11-2-1-7-18-11/h1-7H,8,13H2,(H,14,15). The molecular weight excluding hydrogens is 284 g/mol. The van der Waals surface area contributed by atoms with E-state index in [-0.39, 0.29) is 4.90 Å². The molecule has 0 saturated carbocycles. The van der Waals surface area contributed by atoms with Crippen molar-refractivity contribution < 1.29 is 13.2 Å². The van der Waals surface area contributed by atoms with Crippen LogP contribution in [0.2, 0.25) is 0 Å². The SMILES string of the molecule is NCc1ccc(S(=O)(=O)NC(=O)c2cccs2)cc1. The van der Waals surface area contributed by atoms with Gasteiger partial charge in [-0.1, -0.05) is 18.2 Å². The van der Waals surface area contributed by atoms with Crippen LogP contribution in [0.5, 0.6) is 0 Å². The molecule has 0 spiro atoms. The summed E-state index contributed by atoms with van der Waals surface area (Å²) in [4.78, 5) is 12.1. The number of hydrogen-bond donors (Lipinski definition) is 2. The molecule has 2 aromatic rings. The number of carbonyl (C=O) groups excluding carboxylic acids is 1. The summed E-state index contributed by atoms with van der Waals surface area (Å²) in [5.41, 5.74) is 6.26. The topological polar surface area (TPSA) is 89.3 Å². The van der Waals surface area contributed by atoms with Crippen LogP contribution in [0.15, 0.2) is 46.7 Å². The molecule has 0 aliphatic carbocycles. The molecule has 3 N–H and O–H groups in total. The molecule has 19 heavy (non-hydrogen) atoms. The summed E-state index contributed by atoms with van der Waals surface area (Å²) in [5, 5.41) is 1.71. The second-order valence-electron chi connectivity index (χ2n) is 3.76. The van der Waals surface area contributed by atoms with Crippen LogP contribution >= 0.6 is 11.3 Å². The maximum absolute atomic E-state index is 12.0. The van der Waals surface area contributed by atoms with E-state index < -0.39 is 15.9 Å². The second kappa shape index (κ2) is 5.52. The zero-order valence-corrected chi connectivity index (χ0v) is 11.5. The van der Waals surface area contributed by atoms with Gasteiger partial charge in [-0.15, -0.1) is 11.3 Å². The van der Waals surface area contributed by atoms with Crippen LogP contribution in [0.3, 0.4) is 0 Å². The van der Waals surface area contributed by atoms with E-state index in [4.69, 9.17) is 5.73 Å². The van der Waals surface area contributed by atoms with E-state index in [1.54, 1.807) is 29.6 Å². The number of rotatable bonds is 4. The number of sulfonamides is 1. The molecular formula is C12H12N2O3S2. The number of thiophene rings is 1. The minimum absolute atomic E-state index is 0.0367. The number of carbonyl (C=O) groups is 1. The summed E-state index contributed by atoms with van der Waals surface area (Å²) in [7, 11) is -3.84. The van der Waals surface area contributed by atoms with Crippen molar-refractivity contribution in [3.05, 3.63) is 52.2 Å². The van der Waals surface area contributed by atoms with Gasteiger partial charge in [0.05, 0.1) is 9.77 Å². The quantitative estimate of drug-likeness (QED) is 0.890. The Kier molecular flexibility index (Phi) is 3.98. The summed E-state index contributed by atoms with van der Waals surface area (Å²) in [5.74, 6) is -0.627. The van der Waals surface area contributed by atoms with E-state index in [1.165, 1.54) is 23.5 Å². The predicted octanol–water partition coefficient (Wildman–Crippen LogP) is 1.33. The van der Waals surface area contributed by atoms with Crippen LogP contribution in [0.25, 0.3) is 0 Å². The maximum atomic E-state index is 12.0. The molecule has 0 saturated heterocycles. The Morgan fingerprint density at radius 3 is 2.42 bits per heavy atom. The third kappa shape index (κ3) is 3.19. The monoisotopic (exact) mass is 296 g/mol. The molecule has 1 aromatic heterocycles. The van der Waals surface area contributed by atoms with Crippen molar-refractivity contribution in [3.63, 3.8) is 0 Å². The molecule has 0 unspecified atom stereocenters. The van der Waals surface area contributed by atoms with Crippen LogP contribution in [-0.2, 0) is 16.6 Å². The molecule has 1 amide bonds. The van der Waals surface area contributed by atoms with Crippen molar-refractivity contribution in [2.75, 3.05) is 0 Å². The van der Waals surface area contributed by atoms with Gasteiger partial charge in [-0.05, 0) is 29.1 Å². The van der Waals surface area contributed by atoms with Crippen molar-refractivity contribution in [1.29, 1.82) is 0 Å². The van der Waals surface area contributed by atoms with Gasteiger partial charge < -0.3 is 5.73 Å². The lowest BCUT2D eigenvalue weighted by Gasteiger charge is -2.06. The normalized spacial score (nSPS) is 11.2. The van der Waals surface area contributed by atoms with Gasteiger partial charge >= 0.3 is 0 Å². The molecule has 0 fully saturated rings. The van der Waals surface area contributed by atoms with E-state index in [0.29, 0.717) is 11.4 Å². The van der Waals surface area contributed by atoms with Crippen molar-refractivity contribution in [1.82, 2.24) is 4.72 Å². The summed E-state index contributed by atoms with van der Waals surface area (Å²) < 4.78 is 26.0. The molecule has 2 rings (SSSR count). The fourth-order valence-electron chi connectivity index (χ4n) is 1.44. The van der Waals surface area contributed by atoms with Crippen molar-refractivity contribution >= 4 is 27.3 Å². The van der Waals surface area contributed by atoms with Crippen molar-refractivity contribution in [2.45, 2.75) is 11.4 Å². The first-order valence-corrected chi connectivity index (χ1v) is 7.79. The molecule has 0 aliphatic heterocycles. The molecule has 0 aliphatic rings. The smallest absolute Gasteiger partial charge is 0.275 e. The van der Waals surface area contributed by atoms with E-state index in [2.05, 4.69) is 0 Å². The third-order valence-electron chi connectivity index (χ3n) is 2.44. The first-order valence-electron chi connectivity index (χ1n) is 5.42. The van der Waals surface area contributed by atoms with Gasteiger partial charge in [-0.3, -0.25) is 4.79 Å². The lowest BCUT2D eigenvalue weighted by atomic mass is 10.2. The van der Waals surface area contributed by atoms with Gasteiger partial charge in [0.15, 0.2) is 0 Å². The summed E-state index contributed by atoms with van der Waals surface area (Å²) in [6.45, 7) is 0.335. The van der Waals surface area contributed by atoms with Crippen LogP contribution in [0.1, 0.15) is 15.2 Å². The first-order chi connectivity index (χ1) is 9.03. The zero-order valence-electron chi connectivity index (χ0n) is 9.87. The Hall–Kier alpha value is -1.70. The predicted molar refractivity (Wildman–Crippen MR) is 73.3 cm³/mol. The van der Waals surface area contributed by atoms with Crippen LogP contribution in [0.4, 0.5) is 0 Å². The fourth-order valence-corrected chi connectivity index (χ4v) is 3.09. The minimum atomic E-state index is -3.84. The second-order valence-corrected chi connectivity index (χ2v) is 6.39. The average Bonchev–Trinajstić information content (AvgIpc) is 2.92. The highest BCUT2D eigenvalue weighted by atomic mass is 32.2. The van der Waals surface area contributed by atoms with Gasteiger partial charge in [0, 0.05) is 6.54 Å². The molecule has 0 bridgehead atoms. The molecule has 0 radical (unpaired) electrons. The molecule has 7 heteroatoms. The van der Waals surface area contributed by atoms with Crippen molar-refractivity contribution in [3.8, 4) is 0 Å². The molecule has 1 heterocycles. The Morgan fingerprint density at radius 2 is 1.89 bits per heavy atom. The highest BCUT2D eigenvalue weighted by Crippen LogP contribution is 2.13. The Bertz CT molecular complexity index is 662. The van der Waals surface area contributed by atoms with Gasteiger partial charge in [-0.2, -0.15) is 0 Å². The highest BCUT2D eigenvalue weighted by Gasteiger charge is 2.18. The highest BCUT2D eigenvalue weighted by molar-refractivity contribution is 7.90. The van der Waals surface area contributed by atoms with Crippen LogP contribution in [0, 0.1) is 0 Å². The molecule has 5 nitrogen and oxygen atoms in total. The Labute approximate surface area is 115 Å². The van der Waals surface area contributed by atoms with E-state index in [1.807, 2.05) is 4.72 Å². The van der Waals surface area contributed by atoms with E-state index in [9.17, 15) is 13.2 Å². The van der Waals surface area contributed by atoms with Gasteiger partial charge in [0.2, 0.25) is 0 Å². The average molecular weight is 296 g/mol. The van der Waals surface area contributed by atoms with Crippen LogP contribution < -0.4 is 10.5 Å². The lowest BCUT2D eigenvalue weighted by molar-refractivity contribution is 0.0985. The third-order valence-corrected chi connectivity index (χ3v) is 4.66. The number of benzene rings is 1. The van der Waals surface area contributed by atoms with Gasteiger partial charge in [0.25, 0.3) is 15.9 Å². The number of nitrogens with one attached hydrogen (secondary N) is 1. The minimum Gasteiger partial charge on any atom is -0.326 e. The number of amides is 1. The largest absolute Gasteiger partial charge is 0.326 e. The van der Waals surface area contributed by atoms with Crippen molar-refractivity contribution in [2.24, 2.45) is 5.73 Å². The number of nitrogens with two attached hydrogens (primary N) is 1. The molecule has 0 atom stereocenters. The fraction of sp³-hybridized carbons (Fsp3) is 0.0833. The lowest BCUT2D eigenvalue weighted by Crippen LogP contribution is -2.29. The summed E-state index contributed by atoms with van der Waals surface area (Å²) in [6.07, 6.45) is 0. The zero-order chi connectivity index (χ0) is 13.9. The molecule has 100 valence electrons. The van der Waals surface area contributed by atoms with E-state index >= 15 is 0 Å². The number of hydrogen-bond acceptors (Lipinski definition) is 5. The summed E-state index contributed by atoms with van der Waals surface area (Å²) in [6, 6.07) is 9.32. The Morgan fingerprint density at radius 1 is 1.21 bits per heavy atom. The van der Waals surface area contributed by atoms with Crippen LogP contribution in [-0.4, -0.2) is 14.3 Å². The molecule has 1 aromatic carbocycles. The first kappa shape index (κ1) is 13.7. The Balaban J connectivity index is 2.20. The van der Waals surface area contributed by atoms with E-state index in [0.717, 1.165) is 5.56 Å². The summed E-state index contributed by atoms with van der Waals surface area (Å²) >= 11 is 1.18. The van der Waals surface area contributed by atoms with Gasteiger partial charge in [0.1, 0.15) is 0 Å². The van der Waals surface area contributed by atoms with Gasteiger partial charge in [-0.25, -0.2) is 13.1 Å².